The van der Waals surface area contributed by atoms with Crippen LogP contribution in [0.3, 0.4) is 0 Å². The molecule has 0 aliphatic carbocycles. The van der Waals surface area contributed by atoms with Gasteiger partial charge in [-0.15, -0.1) is 0 Å². The van der Waals surface area contributed by atoms with Crippen molar-refractivity contribution in [3.8, 4) is 0 Å². The van der Waals surface area contributed by atoms with Crippen molar-refractivity contribution in [1.29, 1.82) is 0 Å². The van der Waals surface area contributed by atoms with Crippen molar-refractivity contribution in [2.24, 2.45) is 5.92 Å². The fourth-order valence-corrected chi connectivity index (χ4v) is 1.79. The highest BCUT2D eigenvalue weighted by Crippen LogP contribution is 2.09. The van der Waals surface area contributed by atoms with Gasteiger partial charge in [-0.05, 0) is 37.9 Å². The fraction of sp³-hybridized carbons (Fsp3) is 0.688. The first kappa shape index (κ1) is 16.9. The summed E-state index contributed by atoms with van der Waals surface area (Å²) >= 11 is 0. The molecule has 1 N–H and O–H groups in total. The second kappa shape index (κ2) is 8.93. The van der Waals surface area contributed by atoms with Gasteiger partial charge in [0.25, 0.3) is 0 Å². The summed E-state index contributed by atoms with van der Waals surface area (Å²) in [6.45, 7) is 12.0. The van der Waals surface area contributed by atoms with Crippen LogP contribution in [0.5, 0.6) is 0 Å². The maximum atomic E-state index is 5.55. The molecule has 114 valence electrons. The number of rotatable bonds is 9. The SMILES string of the molecule is CC(C)CNCc1ccc(N(C)CCOC(C)C)nc1. The molecule has 4 nitrogen and oxygen atoms in total. The Morgan fingerprint density at radius 1 is 1.25 bits per heavy atom. The van der Waals surface area contributed by atoms with E-state index in [2.05, 4.69) is 55.0 Å². The van der Waals surface area contributed by atoms with Crippen molar-refractivity contribution in [2.75, 3.05) is 31.6 Å². The van der Waals surface area contributed by atoms with E-state index >= 15 is 0 Å². The molecule has 0 spiro atoms. The van der Waals surface area contributed by atoms with E-state index in [0.717, 1.165) is 32.1 Å². The van der Waals surface area contributed by atoms with Crippen molar-refractivity contribution < 1.29 is 4.74 Å². The third-order valence-corrected chi connectivity index (χ3v) is 2.96. The molecule has 0 fully saturated rings. The average molecular weight is 279 g/mol. The van der Waals surface area contributed by atoms with E-state index in [1.165, 1.54) is 5.56 Å². The highest BCUT2D eigenvalue weighted by molar-refractivity contribution is 5.38. The van der Waals surface area contributed by atoms with Gasteiger partial charge in [0, 0.05) is 26.3 Å². The van der Waals surface area contributed by atoms with E-state index in [-0.39, 0.29) is 6.10 Å². The van der Waals surface area contributed by atoms with Gasteiger partial charge >= 0.3 is 0 Å². The van der Waals surface area contributed by atoms with Gasteiger partial charge in [-0.3, -0.25) is 0 Å². The molecule has 0 atom stereocenters. The van der Waals surface area contributed by atoms with Crippen molar-refractivity contribution in [1.82, 2.24) is 10.3 Å². The molecule has 0 aromatic carbocycles. The fourth-order valence-electron chi connectivity index (χ4n) is 1.79. The number of aromatic nitrogens is 1. The summed E-state index contributed by atoms with van der Waals surface area (Å²) in [4.78, 5) is 6.62. The van der Waals surface area contributed by atoms with Crippen LogP contribution in [0.4, 0.5) is 5.82 Å². The molecule has 0 aliphatic heterocycles. The van der Waals surface area contributed by atoms with Crippen LogP contribution < -0.4 is 10.2 Å². The third kappa shape index (κ3) is 6.87. The van der Waals surface area contributed by atoms with E-state index in [4.69, 9.17) is 4.74 Å². The van der Waals surface area contributed by atoms with Gasteiger partial charge in [-0.25, -0.2) is 4.98 Å². The van der Waals surface area contributed by atoms with Gasteiger partial charge < -0.3 is 15.0 Å². The molecule has 4 heteroatoms. The molecule has 0 aliphatic rings. The van der Waals surface area contributed by atoms with Gasteiger partial charge in [0.2, 0.25) is 0 Å². The average Bonchev–Trinajstić information content (AvgIpc) is 2.38. The van der Waals surface area contributed by atoms with E-state index in [9.17, 15) is 0 Å². The summed E-state index contributed by atoms with van der Waals surface area (Å²) in [6, 6.07) is 4.21. The predicted molar refractivity (Wildman–Crippen MR) is 85.1 cm³/mol. The number of hydrogen-bond acceptors (Lipinski definition) is 4. The van der Waals surface area contributed by atoms with Crippen molar-refractivity contribution in [3.63, 3.8) is 0 Å². The van der Waals surface area contributed by atoms with Gasteiger partial charge in [0.15, 0.2) is 0 Å². The summed E-state index contributed by atoms with van der Waals surface area (Å²) in [5.41, 5.74) is 1.22. The topological polar surface area (TPSA) is 37.4 Å². The second-order valence-corrected chi connectivity index (χ2v) is 5.89. The molecule has 0 radical (unpaired) electrons. The molecule has 0 saturated carbocycles. The van der Waals surface area contributed by atoms with Gasteiger partial charge in [-0.1, -0.05) is 19.9 Å². The summed E-state index contributed by atoms with van der Waals surface area (Å²) < 4.78 is 5.55. The monoisotopic (exact) mass is 279 g/mol. The lowest BCUT2D eigenvalue weighted by Crippen LogP contribution is -2.25. The number of ether oxygens (including phenoxy) is 1. The number of likely N-dealkylation sites (N-methyl/N-ethyl adjacent to an activating group) is 1. The lowest BCUT2D eigenvalue weighted by atomic mass is 10.2. The molecular formula is C16H29N3O. The molecule has 1 heterocycles. The van der Waals surface area contributed by atoms with Crippen LogP contribution in [0.1, 0.15) is 33.3 Å². The maximum absolute atomic E-state index is 5.55. The number of pyridine rings is 1. The Bertz CT molecular complexity index is 362. The second-order valence-electron chi connectivity index (χ2n) is 5.89. The zero-order valence-corrected chi connectivity index (χ0v) is 13.5. The minimum Gasteiger partial charge on any atom is -0.377 e. The summed E-state index contributed by atoms with van der Waals surface area (Å²) in [5.74, 6) is 1.67. The molecule has 0 amide bonds. The minimum atomic E-state index is 0.283. The molecule has 0 unspecified atom stereocenters. The Balaban J connectivity index is 2.37. The quantitative estimate of drug-likeness (QED) is 0.754. The summed E-state index contributed by atoms with van der Waals surface area (Å²) in [7, 11) is 2.04. The van der Waals surface area contributed by atoms with Crippen LogP contribution in [0, 0.1) is 5.92 Å². The molecular weight excluding hydrogens is 250 g/mol. The van der Waals surface area contributed by atoms with Crippen LogP contribution in [0.15, 0.2) is 18.3 Å². The van der Waals surface area contributed by atoms with Gasteiger partial charge in [0.1, 0.15) is 5.82 Å². The molecule has 1 rings (SSSR count). The van der Waals surface area contributed by atoms with E-state index in [0.29, 0.717) is 5.92 Å². The number of hydrogen-bond donors (Lipinski definition) is 1. The van der Waals surface area contributed by atoms with E-state index in [1.807, 2.05) is 13.2 Å². The van der Waals surface area contributed by atoms with Crippen LogP contribution in [-0.2, 0) is 11.3 Å². The molecule has 0 saturated heterocycles. The largest absolute Gasteiger partial charge is 0.377 e. The first-order valence-electron chi connectivity index (χ1n) is 7.47. The Hall–Kier alpha value is -1.13. The molecule has 1 aromatic rings. The van der Waals surface area contributed by atoms with Crippen molar-refractivity contribution in [3.05, 3.63) is 23.9 Å². The molecule has 0 bridgehead atoms. The standard InChI is InChI=1S/C16H29N3O/c1-13(2)10-17-11-15-6-7-16(18-12-15)19(5)8-9-20-14(3)4/h6-7,12-14,17H,8-11H2,1-5H3. The third-order valence-electron chi connectivity index (χ3n) is 2.96. The highest BCUT2D eigenvalue weighted by atomic mass is 16.5. The smallest absolute Gasteiger partial charge is 0.128 e. The minimum absolute atomic E-state index is 0.283. The van der Waals surface area contributed by atoms with E-state index < -0.39 is 0 Å². The summed E-state index contributed by atoms with van der Waals surface area (Å²) in [6.07, 6.45) is 2.23. The Morgan fingerprint density at radius 2 is 2.00 bits per heavy atom. The van der Waals surface area contributed by atoms with Crippen LogP contribution >= 0.6 is 0 Å². The van der Waals surface area contributed by atoms with Crippen molar-refractivity contribution >= 4 is 5.82 Å². The number of nitrogens with zero attached hydrogens (tertiary/aromatic N) is 2. The molecule has 1 aromatic heterocycles. The number of nitrogens with one attached hydrogen (secondary N) is 1. The molecule has 20 heavy (non-hydrogen) atoms. The Kier molecular flexibility index (Phi) is 7.55. The number of anilines is 1. The van der Waals surface area contributed by atoms with Gasteiger partial charge in [0.05, 0.1) is 12.7 Å². The predicted octanol–water partition coefficient (Wildman–Crippen LogP) is 2.69. The normalized spacial score (nSPS) is 11.3. The Morgan fingerprint density at radius 3 is 2.55 bits per heavy atom. The van der Waals surface area contributed by atoms with Crippen LogP contribution in [0.2, 0.25) is 0 Å². The first-order valence-corrected chi connectivity index (χ1v) is 7.47. The van der Waals surface area contributed by atoms with E-state index in [1.54, 1.807) is 0 Å². The highest BCUT2D eigenvalue weighted by Gasteiger charge is 2.03. The summed E-state index contributed by atoms with van der Waals surface area (Å²) in [5, 5.41) is 3.42. The zero-order valence-electron chi connectivity index (χ0n) is 13.5. The van der Waals surface area contributed by atoms with Crippen LogP contribution in [0.25, 0.3) is 0 Å². The lowest BCUT2D eigenvalue weighted by Gasteiger charge is -2.19. The lowest BCUT2D eigenvalue weighted by molar-refractivity contribution is 0.0845. The first-order chi connectivity index (χ1) is 9.49. The zero-order chi connectivity index (χ0) is 15.0. The van der Waals surface area contributed by atoms with Gasteiger partial charge in [-0.2, -0.15) is 0 Å². The van der Waals surface area contributed by atoms with Crippen LogP contribution in [-0.4, -0.2) is 37.8 Å². The Labute approximate surface area is 123 Å². The maximum Gasteiger partial charge on any atom is 0.128 e. The van der Waals surface area contributed by atoms with Crippen molar-refractivity contribution in [2.45, 2.75) is 40.3 Å².